The lowest BCUT2D eigenvalue weighted by molar-refractivity contribution is 0.610. The van der Waals surface area contributed by atoms with Crippen LogP contribution in [0.15, 0.2) is 0 Å². The molecule has 0 heterocycles. The molecule has 0 rings (SSSR count). The van der Waals surface area contributed by atoms with Gasteiger partial charge < -0.3 is 11.1 Å². The number of hydrogen-bond acceptors (Lipinski definition) is 2. The molecule has 0 aliphatic heterocycles. The molecule has 3 N–H and O–H groups in total. The Morgan fingerprint density at radius 2 is 1.18 bits per heavy atom. The van der Waals surface area contributed by atoms with Crippen LogP contribution in [0.5, 0.6) is 0 Å². The van der Waals surface area contributed by atoms with E-state index in [9.17, 15) is 0 Å². The molecule has 0 aromatic carbocycles. The standard InChI is InChI=1S/C8H19N.C7H17N/c1-3-4-5-6-7-8-9-2;1-2-3-4-5-6-7-8/h9H,3-8H2,1-2H3;2-8H2,1H3. The molecule has 106 valence electrons. The first-order chi connectivity index (χ1) is 8.33. The molecule has 0 fully saturated rings. The Kier molecular flexibility index (Phi) is 24.1. The van der Waals surface area contributed by atoms with Crippen molar-refractivity contribution in [1.82, 2.24) is 5.32 Å². The smallest absolute Gasteiger partial charge is 0.00519 e. The summed E-state index contributed by atoms with van der Waals surface area (Å²) in [5.41, 5.74) is 5.31. The van der Waals surface area contributed by atoms with Gasteiger partial charge in [0.25, 0.3) is 0 Å². The van der Waals surface area contributed by atoms with E-state index >= 15 is 0 Å². The summed E-state index contributed by atoms with van der Waals surface area (Å²) in [6.45, 7) is 6.52. The maximum absolute atomic E-state index is 5.31. The zero-order valence-electron chi connectivity index (χ0n) is 12.6. The van der Waals surface area contributed by atoms with Crippen LogP contribution < -0.4 is 11.1 Å². The van der Waals surface area contributed by atoms with Crippen LogP contribution in [-0.2, 0) is 0 Å². The van der Waals surface area contributed by atoms with Crippen molar-refractivity contribution in [2.45, 2.75) is 78.1 Å². The molecule has 0 aromatic rings. The maximum atomic E-state index is 5.31. The fraction of sp³-hybridized carbons (Fsp3) is 1.00. The molecule has 0 spiro atoms. The lowest BCUT2D eigenvalue weighted by Gasteiger charge is -1.97. The van der Waals surface area contributed by atoms with Crippen molar-refractivity contribution in [2.75, 3.05) is 20.1 Å². The molecule has 0 atom stereocenters. The van der Waals surface area contributed by atoms with Crippen LogP contribution in [0.1, 0.15) is 78.1 Å². The molecule has 2 nitrogen and oxygen atoms in total. The van der Waals surface area contributed by atoms with Crippen molar-refractivity contribution in [3.8, 4) is 0 Å². The van der Waals surface area contributed by atoms with E-state index in [1.165, 1.54) is 70.8 Å². The largest absolute Gasteiger partial charge is 0.330 e. The van der Waals surface area contributed by atoms with E-state index in [0.717, 1.165) is 6.54 Å². The van der Waals surface area contributed by atoms with E-state index in [-0.39, 0.29) is 0 Å². The average Bonchev–Trinajstić information content (AvgIpc) is 2.36. The minimum absolute atomic E-state index is 0.865. The first-order valence-electron chi connectivity index (χ1n) is 7.68. The predicted octanol–water partition coefficient (Wildman–Crippen LogP) is 4.09. The van der Waals surface area contributed by atoms with Crippen molar-refractivity contribution < 1.29 is 0 Å². The van der Waals surface area contributed by atoms with Crippen molar-refractivity contribution in [2.24, 2.45) is 5.73 Å². The van der Waals surface area contributed by atoms with Crippen LogP contribution >= 0.6 is 0 Å². The molecule has 0 bridgehead atoms. The van der Waals surface area contributed by atoms with Gasteiger partial charge in [0.15, 0.2) is 0 Å². The van der Waals surface area contributed by atoms with Crippen LogP contribution in [0.25, 0.3) is 0 Å². The molecule has 0 aliphatic rings. The number of nitrogens with one attached hydrogen (secondary N) is 1. The Labute approximate surface area is 110 Å². The fourth-order valence-electron chi connectivity index (χ4n) is 1.65. The summed E-state index contributed by atoms with van der Waals surface area (Å²) in [5, 5.41) is 3.14. The van der Waals surface area contributed by atoms with Crippen LogP contribution in [0.3, 0.4) is 0 Å². The van der Waals surface area contributed by atoms with Crippen LogP contribution in [0.4, 0.5) is 0 Å². The summed E-state index contributed by atoms with van der Waals surface area (Å²) >= 11 is 0. The molecule has 0 saturated heterocycles. The molecule has 0 aliphatic carbocycles. The third-order valence-electron chi connectivity index (χ3n) is 2.84. The summed E-state index contributed by atoms with van der Waals surface area (Å²) in [5.74, 6) is 0. The molecular weight excluding hydrogens is 208 g/mol. The van der Waals surface area contributed by atoms with E-state index in [0.29, 0.717) is 0 Å². The predicted molar refractivity (Wildman–Crippen MR) is 80.5 cm³/mol. The van der Waals surface area contributed by atoms with Crippen LogP contribution in [0, 0.1) is 0 Å². The highest BCUT2D eigenvalue weighted by Crippen LogP contribution is 2.00. The van der Waals surface area contributed by atoms with Gasteiger partial charge in [-0.15, -0.1) is 0 Å². The Bertz CT molecular complexity index is 93.1. The van der Waals surface area contributed by atoms with Gasteiger partial charge in [-0.2, -0.15) is 0 Å². The van der Waals surface area contributed by atoms with Crippen molar-refractivity contribution in [1.29, 1.82) is 0 Å². The van der Waals surface area contributed by atoms with E-state index in [4.69, 9.17) is 5.73 Å². The monoisotopic (exact) mass is 244 g/mol. The van der Waals surface area contributed by atoms with E-state index in [1.54, 1.807) is 0 Å². The van der Waals surface area contributed by atoms with Gasteiger partial charge in [0.1, 0.15) is 0 Å². The molecule has 0 radical (unpaired) electrons. The average molecular weight is 244 g/mol. The highest BCUT2D eigenvalue weighted by molar-refractivity contribution is 4.43. The van der Waals surface area contributed by atoms with Gasteiger partial charge in [-0.25, -0.2) is 0 Å². The molecule has 17 heavy (non-hydrogen) atoms. The second kappa shape index (κ2) is 21.2. The lowest BCUT2D eigenvalue weighted by Crippen LogP contribution is -2.06. The summed E-state index contributed by atoms with van der Waals surface area (Å²) in [6, 6.07) is 0. The van der Waals surface area contributed by atoms with E-state index in [2.05, 4.69) is 19.2 Å². The highest BCUT2D eigenvalue weighted by Gasteiger charge is 1.85. The topological polar surface area (TPSA) is 38.0 Å². The minimum atomic E-state index is 0.865. The van der Waals surface area contributed by atoms with Crippen molar-refractivity contribution >= 4 is 0 Å². The number of rotatable bonds is 11. The van der Waals surface area contributed by atoms with Crippen LogP contribution in [0.2, 0.25) is 0 Å². The Hall–Kier alpha value is -0.0800. The lowest BCUT2D eigenvalue weighted by atomic mass is 10.1. The number of hydrogen-bond donors (Lipinski definition) is 2. The molecule has 0 saturated carbocycles. The number of nitrogens with two attached hydrogens (primary N) is 1. The second-order valence-electron chi connectivity index (χ2n) is 4.72. The fourth-order valence-corrected chi connectivity index (χ4v) is 1.65. The van der Waals surface area contributed by atoms with Gasteiger partial charge in [0, 0.05) is 0 Å². The summed E-state index contributed by atoms with van der Waals surface area (Å²) in [6.07, 6.45) is 13.5. The number of unbranched alkanes of at least 4 members (excludes halogenated alkanes) is 8. The molecule has 2 heteroatoms. The second-order valence-corrected chi connectivity index (χ2v) is 4.72. The van der Waals surface area contributed by atoms with Gasteiger partial charge in [-0.1, -0.05) is 65.2 Å². The van der Waals surface area contributed by atoms with E-state index < -0.39 is 0 Å². The first kappa shape index (κ1) is 19.3. The van der Waals surface area contributed by atoms with Gasteiger partial charge in [-0.3, -0.25) is 0 Å². The first-order valence-corrected chi connectivity index (χ1v) is 7.68. The zero-order chi connectivity index (χ0) is 13.2. The zero-order valence-corrected chi connectivity index (χ0v) is 12.6. The van der Waals surface area contributed by atoms with Crippen molar-refractivity contribution in [3.05, 3.63) is 0 Å². The summed E-state index contributed by atoms with van der Waals surface area (Å²) < 4.78 is 0. The van der Waals surface area contributed by atoms with Gasteiger partial charge in [0.2, 0.25) is 0 Å². The SMILES string of the molecule is CCCCCCCN.CCCCCCCNC. The Morgan fingerprint density at radius 3 is 1.59 bits per heavy atom. The molecule has 0 amide bonds. The highest BCUT2D eigenvalue weighted by atomic mass is 14.8. The van der Waals surface area contributed by atoms with Gasteiger partial charge >= 0.3 is 0 Å². The third kappa shape index (κ3) is 25.9. The summed E-state index contributed by atoms with van der Waals surface area (Å²) in [7, 11) is 2.01. The molecular formula is C15H36N2. The Balaban J connectivity index is 0. The third-order valence-corrected chi connectivity index (χ3v) is 2.84. The van der Waals surface area contributed by atoms with Crippen molar-refractivity contribution in [3.63, 3.8) is 0 Å². The molecule has 0 aromatic heterocycles. The van der Waals surface area contributed by atoms with E-state index in [1.807, 2.05) is 7.05 Å². The minimum Gasteiger partial charge on any atom is -0.330 e. The Morgan fingerprint density at radius 1 is 0.706 bits per heavy atom. The maximum Gasteiger partial charge on any atom is -0.00519 e. The van der Waals surface area contributed by atoms with Crippen LogP contribution in [-0.4, -0.2) is 20.1 Å². The quantitative estimate of drug-likeness (QED) is 0.537. The van der Waals surface area contributed by atoms with Gasteiger partial charge in [-0.05, 0) is 33.0 Å². The summed E-state index contributed by atoms with van der Waals surface area (Å²) in [4.78, 5) is 0. The van der Waals surface area contributed by atoms with Gasteiger partial charge in [0.05, 0.1) is 0 Å². The molecule has 0 unspecified atom stereocenters. The normalized spacial score (nSPS) is 9.88.